The van der Waals surface area contributed by atoms with Crippen molar-refractivity contribution < 1.29 is 14.6 Å². The average Bonchev–Trinajstić information content (AvgIpc) is 2.64. The second-order valence-corrected chi connectivity index (χ2v) is 3.40. The van der Waals surface area contributed by atoms with Gasteiger partial charge in [-0.2, -0.15) is 0 Å². The van der Waals surface area contributed by atoms with Crippen molar-refractivity contribution in [2.24, 2.45) is 0 Å². The second kappa shape index (κ2) is 4.27. The van der Waals surface area contributed by atoms with Crippen molar-refractivity contribution in [1.29, 1.82) is 0 Å². The average molecular weight is 208 g/mol. The number of ether oxygens (including phenoxy) is 1. The number of hydrogen-bond donors (Lipinski definition) is 2. The molecule has 15 heavy (non-hydrogen) atoms. The number of aliphatic carboxylic acids is 1. The molecule has 0 spiro atoms. The predicted octanol–water partition coefficient (Wildman–Crippen LogP) is 0.998. The molecule has 5 nitrogen and oxygen atoms in total. The van der Waals surface area contributed by atoms with Gasteiger partial charge in [-0.15, -0.1) is 0 Å². The lowest BCUT2D eigenvalue weighted by Crippen LogP contribution is -2.08. The molecule has 0 saturated carbocycles. The summed E-state index contributed by atoms with van der Waals surface area (Å²) in [6.45, 7) is 1.63. The van der Waals surface area contributed by atoms with Gasteiger partial charge in [-0.05, 0) is 11.6 Å². The van der Waals surface area contributed by atoms with Crippen molar-refractivity contribution in [2.75, 3.05) is 11.9 Å². The first kappa shape index (κ1) is 9.92. The molecule has 2 rings (SSSR count). The lowest BCUT2D eigenvalue weighted by molar-refractivity contribution is -0.136. The maximum atomic E-state index is 10.3. The molecule has 2 heterocycles. The summed E-state index contributed by atoms with van der Waals surface area (Å²) in [6, 6.07) is 1.91. The summed E-state index contributed by atoms with van der Waals surface area (Å²) in [7, 11) is 0. The topological polar surface area (TPSA) is 71.5 Å². The molecule has 0 unspecified atom stereocenters. The van der Waals surface area contributed by atoms with Crippen molar-refractivity contribution in [3.63, 3.8) is 0 Å². The minimum absolute atomic E-state index is 0.0925. The van der Waals surface area contributed by atoms with Crippen LogP contribution >= 0.6 is 0 Å². The smallest absolute Gasteiger partial charge is 0.305 e. The molecule has 80 valence electrons. The quantitative estimate of drug-likeness (QED) is 0.772. The molecule has 0 aliphatic carbocycles. The molecule has 1 aromatic rings. The van der Waals surface area contributed by atoms with Gasteiger partial charge < -0.3 is 15.2 Å². The molecule has 1 aliphatic rings. The van der Waals surface area contributed by atoms with E-state index in [1.54, 1.807) is 6.20 Å². The molecule has 1 aliphatic heterocycles. The van der Waals surface area contributed by atoms with Gasteiger partial charge in [0, 0.05) is 18.3 Å². The largest absolute Gasteiger partial charge is 0.481 e. The Bertz CT molecular complexity index is 379. The van der Waals surface area contributed by atoms with Crippen LogP contribution in [0, 0.1) is 0 Å². The van der Waals surface area contributed by atoms with Crippen LogP contribution in [0.5, 0.6) is 0 Å². The fourth-order valence-corrected chi connectivity index (χ4v) is 1.45. The number of carboxylic acid groups (broad SMARTS) is 1. The maximum absolute atomic E-state index is 10.3. The Hall–Kier alpha value is -1.62. The van der Waals surface area contributed by atoms with Crippen molar-refractivity contribution >= 4 is 11.8 Å². The number of rotatable bonds is 4. The monoisotopic (exact) mass is 208 g/mol. The van der Waals surface area contributed by atoms with Crippen molar-refractivity contribution in [3.05, 3.63) is 23.4 Å². The number of carboxylic acids is 1. The zero-order valence-corrected chi connectivity index (χ0v) is 8.19. The van der Waals surface area contributed by atoms with Gasteiger partial charge in [-0.25, -0.2) is 4.98 Å². The van der Waals surface area contributed by atoms with Gasteiger partial charge >= 0.3 is 5.97 Å². The number of aromatic nitrogens is 1. The van der Waals surface area contributed by atoms with Crippen LogP contribution in [0.4, 0.5) is 5.82 Å². The minimum Gasteiger partial charge on any atom is -0.481 e. The number of anilines is 1. The Balaban J connectivity index is 1.95. The van der Waals surface area contributed by atoms with E-state index in [1.807, 2.05) is 6.07 Å². The number of nitrogens with zero attached hydrogens (tertiary/aromatic N) is 1. The van der Waals surface area contributed by atoms with Gasteiger partial charge in [0.25, 0.3) is 0 Å². The second-order valence-electron chi connectivity index (χ2n) is 3.40. The van der Waals surface area contributed by atoms with Gasteiger partial charge in [0.05, 0.1) is 19.6 Å². The number of pyridine rings is 1. The van der Waals surface area contributed by atoms with Gasteiger partial charge in [-0.3, -0.25) is 4.79 Å². The third kappa shape index (κ3) is 2.44. The fourth-order valence-electron chi connectivity index (χ4n) is 1.45. The maximum Gasteiger partial charge on any atom is 0.305 e. The Morgan fingerprint density at radius 3 is 3.13 bits per heavy atom. The predicted molar refractivity (Wildman–Crippen MR) is 53.5 cm³/mol. The van der Waals surface area contributed by atoms with Gasteiger partial charge in [0.1, 0.15) is 5.82 Å². The Morgan fingerprint density at radius 2 is 2.33 bits per heavy atom. The summed E-state index contributed by atoms with van der Waals surface area (Å²) in [6.07, 6.45) is 1.86. The molecule has 0 saturated heterocycles. The van der Waals surface area contributed by atoms with Crippen LogP contribution in [0.15, 0.2) is 12.3 Å². The first-order valence-corrected chi connectivity index (χ1v) is 4.77. The van der Waals surface area contributed by atoms with Gasteiger partial charge in [-0.1, -0.05) is 0 Å². The summed E-state index contributed by atoms with van der Waals surface area (Å²) >= 11 is 0. The number of nitrogens with one attached hydrogen (secondary N) is 1. The summed E-state index contributed by atoms with van der Waals surface area (Å²) < 4.78 is 5.25. The highest BCUT2D eigenvalue weighted by molar-refractivity contribution is 5.67. The van der Waals surface area contributed by atoms with Crippen LogP contribution in [0.25, 0.3) is 0 Å². The van der Waals surface area contributed by atoms with E-state index in [0.717, 1.165) is 11.1 Å². The van der Waals surface area contributed by atoms with Crippen LogP contribution in [0.2, 0.25) is 0 Å². The standard InChI is InChI=1S/C10H12N2O3/c13-10(14)1-2-11-9-3-7-5-15-6-8(7)4-12-9/h3-4H,1-2,5-6H2,(H,11,12)(H,13,14). The molecule has 2 N–H and O–H groups in total. The van der Waals surface area contributed by atoms with E-state index in [4.69, 9.17) is 9.84 Å². The van der Waals surface area contributed by atoms with Crippen LogP contribution in [-0.4, -0.2) is 22.6 Å². The molecule has 0 atom stereocenters. The summed E-state index contributed by atoms with van der Waals surface area (Å²) in [5, 5.41) is 11.4. The third-order valence-electron chi connectivity index (χ3n) is 2.24. The number of hydrogen-bond acceptors (Lipinski definition) is 4. The molecule has 0 fully saturated rings. The Labute approximate surface area is 87.1 Å². The van der Waals surface area contributed by atoms with E-state index in [2.05, 4.69) is 10.3 Å². The van der Waals surface area contributed by atoms with Crippen LogP contribution in [-0.2, 0) is 22.7 Å². The number of fused-ring (bicyclic) bond motifs is 1. The molecular formula is C10H12N2O3. The zero-order chi connectivity index (χ0) is 10.7. The Morgan fingerprint density at radius 1 is 1.53 bits per heavy atom. The highest BCUT2D eigenvalue weighted by Crippen LogP contribution is 2.20. The van der Waals surface area contributed by atoms with Crippen LogP contribution in [0.1, 0.15) is 17.5 Å². The lowest BCUT2D eigenvalue weighted by atomic mass is 10.2. The van der Waals surface area contributed by atoms with E-state index < -0.39 is 5.97 Å². The van der Waals surface area contributed by atoms with Crippen LogP contribution in [0.3, 0.4) is 0 Å². The molecule has 0 bridgehead atoms. The summed E-state index contributed by atoms with van der Waals surface area (Å²) in [5.41, 5.74) is 2.24. The fraction of sp³-hybridized carbons (Fsp3) is 0.400. The lowest BCUT2D eigenvalue weighted by Gasteiger charge is -2.04. The molecular weight excluding hydrogens is 196 g/mol. The SMILES string of the molecule is O=C(O)CCNc1cc2c(cn1)COC2. The normalized spacial score (nSPS) is 13.6. The van der Waals surface area contributed by atoms with Crippen molar-refractivity contribution in [1.82, 2.24) is 4.98 Å². The van der Waals surface area contributed by atoms with Crippen molar-refractivity contribution in [2.45, 2.75) is 19.6 Å². The van der Waals surface area contributed by atoms with Crippen LogP contribution < -0.4 is 5.32 Å². The van der Waals surface area contributed by atoms with Gasteiger partial charge in [0.15, 0.2) is 0 Å². The van der Waals surface area contributed by atoms with E-state index in [-0.39, 0.29) is 6.42 Å². The van der Waals surface area contributed by atoms with Gasteiger partial charge in [0.2, 0.25) is 0 Å². The molecule has 1 aromatic heterocycles. The van der Waals surface area contributed by atoms with E-state index in [9.17, 15) is 4.79 Å². The molecule has 5 heteroatoms. The van der Waals surface area contributed by atoms with Crippen molar-refractivity contribution in [3.8, 4) is 0 Å². The molecule has 0 radical (unpaired) electrons. The first-order valence-electron chi connectivity index (χ1n) is 4.77. The van der Waals surface area contributed by atoms with E-state index in [0.29, 0.717) is 25.6 Å². The minimum atomic E-state index is -0.813. The van der Waals surface area contributed by atoms with E-state index in [1.165, 1.54) is 0 Å². The summed E-state index contributed by atoms with van der Waals surface area (Å²) in [4.78, 5) is 14.5. The molecule has 0 amide bonds. The first-order chi connectivity index (χ1) is 7.25. The highest BCUT2D eigenvalue weighted by atomic mass is 16.5. The highest BCUT2D eigenvalue weighted by Gasteiger charge is 2.11. The third-order valence-corrected chi connectivity index (χ3v) is 2.24. The Kier molecular flexibility index (Phi) is 2.82. The number of carbonyl (C=O) groups is 1. The zero-order valence-electron chi connectivity index (χ0n) is 8.19. The van der Waals surface area contributed by atoms with E-state index >= 15 is 0 Å². The molecule has 0 aromatic carbocycles. The summed E-state index contributed by atoms with van der Waals surface area (Å²) in [5.74, 6) is -0.104.